The Balaban J connectivity index is 2.26. The molecule has 0 unspecified atom stereocenters. The van der Waals surface area contributed by atoms with Gasteiger partial charge in [0.1, 0.15) is 5.82 Å². The molecule has 1 aromatic heterocycles. The molecule has 0 fully saturated rings. The Hall–Kier alpha value is -0.770. The molecule has 1 aromatic carbocycles. The van der Waals surface area contributed by atoms with Crippen molar-refractivity contribution >= 4 is 34.2 Å². The lowest BCUT2D eigenvalue weighted by Crippen LogP contribution is -2.32. The zero-order valence-electron chi connectivity index (χ0n) is 9.85. The summed E-state index contributed by atoms with van der Waals surface area (Å²) in [4.78, 5) is 7.69. The highest BCUT2D eigenvalue weighted by atomic mass is 35.5. The molecule has 0 spiro atoms. The van der Waals surface area contributed by atoms with Crippen LogP contribution in [0.2, 0.25) is 10.0 Å². The van der Waals surface area contributed by atoms with Crippen LogP contribution in [-0.2, 0) is 6.42 Å². The summed E-state index contributed by atoms with van der Waals surface area (Å²) >= 11 is 11.9. The molecule has 0 saturated carbocycles. The second-order valence-electron chi connectivity index (χ2n) is 4.96. The van der Waals surface area contributed by atoms with Crippen molar-refractivity contribution in [2.24, 2.45) is 5.73 Å². The lowest BCUT2D eigenvalue weighted by molar-refractivity contribution is 0.472. The molecule has 0 saturated heterocycles. The van der Waals surface area contributed by atoms with E-state index >= 15 is 0 Å². The van der Waals surface area contributed by atoms with Crippen molar-refractivity contribution in [3.05, 3.63) is 28.0 Å². The Morgan fingerprint density at radius 2 is 1.94 bits per heavy atom. The van der Waals surface area contributed by atoms with Crippen molar-refractivity contribution in [3.8, 4) is 0 Å². The van der Waals surface area contributed by atoms with Crippen LogP contribution in [0.5, 0.6) is 0 Å². The van der Waals surface area contributed by atoms with E-state index in [4.69, 9.17) is 28.9 Å². The molecule has 5 heteroatoms. The summed E-state index contributed by atoms with van der Waals surface area (Å²) in [5.74, 6) is 0.914. The Bertz CT molecular complexity index is 501. The second-order valence-corrected chi connectivity index (χ2v) is 5.77. The van der Waals surface area contributed by atoms with E-state index in [1.54, 1.807) is 12.1 Å². The van der Waals surface area contributed by atoms with Gasteiger partial charge in [0.05, 0.1) is 21.1 Å². The van der Waals surface area contributed by atoms with Crippen LogP contribution in [0.1, 0.15) is 26.1 Å². The number of fused-ring (bicyclic) bond motifs is 1. The van der Waals surface area contributed by atoms with E-state index in [1.165, 1.54) is 0 Å². The molecule has 0 atom stereocenters. The predicted octanol–water partition coefficient (Wildman–Crippen LogP) is 3.54. The third-order valence-electron chi connectivity index (χ3n) is 2.58. The maximum absolute atomic E-state index is 5.95. The Morgan fingerprint density at radius 3 is 2.59 bits per heavy atom. The fraction of sp³-hybridized carbons (Fsp3) is 0.417. The van der Waals surface area contributed by atoms with E-state index in [9.17, 15) is 0 Å². The van der Waals surface area contributed by atoms with Crippen molar-refractivity contribution in [3.63, 3.8) is 0 Å². The molecule has 1 heterocycles. The molecule has 17 heavy (non-hydrogen) atoms. The second kappa shape index (κ2) is 4.48. The lowest BCUT2D eigenvalue weighted by Gasteiger charge is -2.16. The minimum atomic E-state index is -0.186. The molecular weight excluding hydrogens is 257 g/mol. The number of aryl methyl sites for hydroxylation is 1. The quantitative estimate of drug-likeness (QED) is 0.897. The van der Waals surface area contributed by atoms with Gasteiger partial charge in [0.2, 0.25) is 0 Å². The maximum Gasteiger partial charge on any atom is 0.107 e. The van der Waals surface area contributed by atoms with Gasteiger partial charge in [-0.05, 0) is 32.4 Å². The minimum absolute atomic E-state index is 0.186. The molecule has 0 amide bonds. The van der Waals surface area contributed by atoms with E-state index in [0.717, 1.165) is 29.7 Å². The largest absolute Gasteiger partial charge is 0.342 e. The standard InChI is InChI=1S/C12H15Cl2N3/c1-12(2,15)4-3-11-16-9-5-7(13)8(14)6-10(9)17-11/h5-6H,3-4,15H2,1-2H3,(H,16,17). The van der Waals surface area contributed by atoms with Gasteiger partial charge in [-0.25, -0.2) is 4.98 Å². The van der Waals surface area contributed by atoms with Crippen LogP contribution in [0.15, 0.2) is 12.1 Å². The normalized spacial score (nSPS) is 12.3. The smallest absolute Gasteiger partial charge is 0.107 e. The summed E-state index contributed by atoms with van der Waals surface area (Å²) in [5.41, 5.74) is 7.50. The number of hydrogen-bond acceptors (Lipinski definition) is 2. The summed E-state index contributed by atoms with van der Waals surface area (Å²) in [5, 5.41) is 1.06. The number of benzene rings is 1. The highest BCUT2D eigenvalue weighted by Gasteiger charge is 2.12. The van der Waals surface area contributed by atoms with Crippen molar-refractivity contribution in [2.45, 2.75) is 32.2 Å². The predicted molar refractivity (Wildman–Crippen MR) is 72.7 cm³/mol. The van der Waals surface area contributed by atoms with Gasteiger partial charge < -0.3 is 10.7 Å². The molecular formula is C12H15Cl2N3. The van der Waals surface area contributed by atoms with E-state index in [-0.39, 0.29) is 5.54 Å². The third kappa shape index (κ3) is 3.12. The van der Waals surface area contributed by atoms with Crippen LogP contribution in [0.4, 0.5) is 0 Å². The monoisotopic (exact) mass is 271 g/mol. The van der Waals surface area contributed by atoms with Gasteiger partial charge in [0.25, 0.3) is 0 Å². The number of nitrogens with two attached hydrogens (primary N) is 1. The highest BCUT2D eigenvalue weighted by Crippen LogP contribution is 2.26. The number of nitrogens with one attached hydrogen (secondary N) is 1. The molecule has 0 aliphatic heterocycles. The molecule has 0 aliphatic rings. The fourth-order valence-electron chi connectivity index (χ4n) is 1.62. The topological polar surface area (TPSA) is 54.7 Å². The first kappa shape index (κ1) is 12.7. The van der Waals surface area contributed by atoms with Gasteiger partial charge in [0.15, 0.2) is 0 Å². The summed E-state index contributed by atoms with van der Waals surface area (Å²) in [6, 6.07) is 3.57. The van der Waals surface area contributed by atoms with E-state index in [2.05, 4.69) is 9.97 Å². The van der Waals surface area contributed by atoms with Crippen LogP contribution >= 0.6 is 23.2 Å². The number of aromatic amines is 1. The number of rotatable bonds is 3. The van der Waals surface area contributed by atoms with Gasteiger partial charge >= 0.3 is 0 Å². The average Bonchev–Trinajstić information content (AvgIpc) is 2.57. The SMILES string of the molecule is CC(C)(N)CCc1nc2cc(Cl)c(Cl)cc2[nH]1. The zero-order chi connectivity index (χ0) is 12.6. The number of hydrogen-bond donors (Lipinski definition) is 2. The molecule has 0 bridgehead atoms. The number of nitrogens with zero attached hydrogens (tertiary/aromatic N) is 1. The molecule has 0 radical (unpaired) electrons. The average molecular weight is 272 g/mol. The first-order chi connectivity index (χ1) is 7.85. The number of H-pyrrole nitrogens is 1. The number of halogens is 2. The Labute approximate surface area is 110 Å². The van der Waals surface area contributed by atoms with E-state index in [0.29, 0.717) is 10.0 Å². The summed E-state index contributed by atoms with van der Waals surface area (Å²) in [6.07, 6.45) is 1.68. The molecule has 92 valence electrons. The van der Waals surface area contributed by atoms with Gasteiger partial charge in [-0.3, -0.25) is 0 Å². The first-order valence-electron chi connectivity index (χ1n) is 5.48. The molecule has 3 nitrogen and oxygen atoms in total. The van der Waals surface area contributed by atoms with Crippen LogP contribution in [0.3, 0.4) is 0 Å². The minimum Gasteiger partial charge on any atom is -0.342 e. The fourth-order valence-corrected chi connectivity index (χ4v) is 1.94. The van der Waals surface area contributed by atoms with Crippen LogP contribution in [0, 0.1) is 0 Å². The van der Waals surface area contributed by atoms with Crippen molar-refractivity contribution < 1.29 is 0 Å². The third-order valence-corrected chi connectivity index (χ3v) is 3.30. The van der Waals surface area contributed by atoms with Gasteiger partial charge in [-0.1, -0.05) is 23.2 Å². The van der Waals surface area contributed by atoms with Crippen molar-refractivity contribution in [1.82, 2.24) is 9.97 Å². The van der Waals surface area contributed by atoms with Crippen LogP contribution in [-0.4, -0.2) is 15.5 Å². The zero-order valence-corrected chi connectivity index (χ0v) is 11.4. The van der Waals surface area contributed by atoms with Gasteiger partial charge in [0, 0.05) is 12.0 Å². The highest BCUT2D eigenvalue weighted by molar-refractivity contribution is 6.42. The van der Waals surface area contributed by atoms with Gasteiger partial charge in [-0.2, -0.15) is 0 Å². The van der Waals surface area contributed by atoms with Crippen molar-refractivity contribution in [2.75, 3.05) is 0 Å². The molecule has 3 N–H and O–H groups in total. The number of imidazole rings is 1. The Kier molecular flexibility index (Phi) is 3.34. The molecule has 2 aromatic rings. The lowest BCUT2D eigenvalue weighted by atomic mass is 10.0. The summed E-state index contributed by atoms with van der Waals surface area (Å²) in [7, 11) is 0. The molecule has 2 rings (SSSR count). The summed E-state index contributed by atoms with van der Waals surface area (Å²) < 4.78 is 0. The summed E-state index contributed by atoms with van der Waals surface area (Å²) in [6.45, 7) is 4.01. The first-order valence-corrected chi connectivity index (χ1v) is 6.23. The van der Waals surface area contributed by atoms with E-state index < -0.39 is 0 Å². The number of aromatic nitrogens is 2. The Morgan fingerprint density at radius 1 is 1.29 bits per heavy atom. The van der Waals surface area contributed by atoms with Gasteiger partial charge in [-0.15, -0.1) is 0 Å². The maximum atomic E-state index is 5.95. The van der Waals surface area contributed by atoms with E-state index in [1.807, 2.05) is 13.8 Å². The van der Waals surface area contributed by atoms with Crippen LogP contribution < -0.4 is 5.73 Å². The van der Waals surface area contributed by atoms with Crippen LogP contribution in [0.25, 0.3) is 11.0 Å². The van der Waals surface area contributed by atoms with Crippen molar-refractivity contribution in [1.29, 1.82) is 0 Å². The molecule has 0 aliphatic carbocycles.